The first-order valence-corrected chi connectivity index (χ1v) is 8.29. The van der Waals surface area contributed by atoms with Crippen molar-refractivity contribution in [3.8, 4) is 5.75 Å². The molecule has 5 nitrogen and oxygen atoms in total. The molecule has 0 aliphatic carbocycles. The van der Waals surface area contributed by atoms with Crippen LogP contribution in [0.5, 0.6) is 5.75 Å². The molecule has 0 bridgehead atoms. The molecular weight excluding hydrogens is 304 g/mol. The second kappa shape index (κ2) is 7.93. The van der Waals surface area contributed by atoms with Gasteiger partial charge in [0.05, 0.1) is 0 Å². The van der Waals surface area contributed by atoms with E-state index in [1.54, 1.807) is 11.0 Å². The van der Waals surface area contributed by atoms with Crippen molar-refractivity contribution in [1.29, 1.82) is 0 Å². The first kappa shape index (κ1) is 16.5. The molecule has 0 radical (unpaired) electrons. The first-order chi connectivity index (χ1) is 11.7. The molecule has 1 amide bonds. The fourth-order valence-corrected chi connectivity index (χ4v) is 2.98. The van der Waals surface area contributed by atoms with Gasteiger partial charge in [0, 0.05) is 32.5 Å². The lowest BCUT2D eigenvalue weighted by Crippen LogP contribution is -2.37. The summed E-state index contributed by atoms with van der Waals surface area (Å²) in [6.45, 7) is 2.64. The number of carbonyl (C=O) groups is 1. The summed E-state index contributed by atoms with van der Waals surface area (Å²) in [5.74, 6) is 0.105. The lowest BCUT2D eigenvalue weighted by atomic mass is 9.99. The van der Waals surface area contributed by atoms with Crippen molar-refractivity contribution in [2.45, 2.75) is 19.4 Å². The Kier molecular flexibility index (Phi) is 5.43. The third kappa shape index (κ3) is 4.11. The van der Waals surface area contributed by atoms with Crippen molar-refractivity contribution >= 4 is 5.91 Å². The van der Waals surface area contributed by atoms with Gasteiger partial charge in [0.25, 0.3) is 5.91 Å². The van der Waals surface area contributed by atoms with E-state index in [9.17, 15) is 9.90 Å². The van der Waals surface area contributed by atoms with E-state index in [0.29, 0.717) is 19.0 Å². The Morgan fingerprint density at radius 1 is 1.17 bits per heavy atom. The van der Waals surface area contributed by atoms with E-state index in [4.69, 9.17) is 4.74 Å². The van der Waals surface area contributed by atoms with Gasteiger partial charge in [-0.3, -0.25) is 4.79 Å². The number of aromatic nitrogens is 1. The van der Waals surface area contributed by atoms with Crippen molar-refractivity contribution in [2.24, 2.45) is 5.92 Å². The molecule has 5 heteroatoms. The molecule has 2 heterocycles. The van der Waals surface area contributed by atoms with Crippen LogP contribution in [-0.4, -0.2) is 40.7 Å². The van der Waals surface area contributed by atoms with Crippen LogP contribution in [0.1, 0.15) is 28.9 Å². The Morgan fingerprint density at radius 3 is 2.62 bits per heavy atom. The van der Waals surface area contributed by atoms with Crippen LogP contribution in [0.2, 0.25) is 0 Å². The van der Waals surface area contributed by atoms with Crippen LogP contribution in [0, 0.1) is 5.92 Å². The van der Waals surface area contributed by atoms with Crippen molar-refractivity contribution in [2.75, 3.05) is 19.8 Å². The highest BCUT2D eigenvalue weighted by atomic mass is 16.5. The van der Waals surface area contributed by atoms with Gasteiger partial charge in [-0.25, -0.2) is 4.98 Å². The number of hydrogen-bond acceptors (Lipinski definition) is 4. The van der Waals surface area contributed by atoms with E-state index in [1.807, 2.05) is 30.3 Å². The number of pyridine rings is 1. The summed E-state index contributed by atoms with van der Waals surface area (Å²) in [7, 11) is 0. The molecule has 2 aromatic rings. The molecule has 1 aromatic heterocycles. The highest BCUT2D eigenvalue weighted by Crippen LogP contribution is 2.21. The van der Waals surface area contributed by atoms with E-state index in [2.05, 4.69) is 4.98 Å². The van der Waals surface area contributed by atoms with Crippen molar-refractivity contribution in [3.05, 3.63) is 59.9 Å². The highest BCUT2D eigenvalue weighted by molar-refractivity contribution is 5.94. The molecule has 0 saturated carbocycles. The highest BCUT2D eigenvalue weighted by Gasteiger charge is 2.24. The summed E-state index contributed by atoms with van der Waals surface area (Å²) in [5, 5.41) is 9.97. The Hall–Kier alpha value is -2.40. The molecule has 0 atom stereocenters. The molecule has 126 valence electrons. The number of hydrogen-bond donors (Lipinski definition) is 1. The number of aromatic hydroxyl groups is 1. The number of benzene rings is 1. The topological polar surface area (TPSA) is 62.7 Å². The Labute approximate surface area is 141 Å². The van der Waals surface area contributed by atoms with Gasteiger partial charge in [-0.2, -0.15) is 0 Å². The minimum atomic E-state index is -0.233. The van der Waals surface area contributed by atoms with Gasteiger partial charge in [0.15, 0.2) is 5.69 Å². The van der Waals surface area contributed by atoms with E-state index in [1.165, 1.54) is 12.3 Å². The molecule has 3 rings (SSSR count). The minimum absolute atomic E-state index is 0.0764. The lowest BCUT2D eigenvalue weighted by molar-refractivity contribution is 0.0442. The second-order valence-electron chi connectivity index (χ2n) is 6.10. The molecule has 1 aromatic carbocycles. The van der Waals surface area contributed by atoms with Crippen molar-refractivity contribution < 1.29 is 14.6 Å². The number of carbonyl (C=O) groups excluding carboxylic acids is 1. The molecule has 24 heavy (non-hydrogen) atoms. The monoisotopic (exact) mass is 326 g/mol. The Bertz CT molecular complexity index is 669. The SMILES string of the molecule is O=C(c1ncccc1O)N(Cc1ccccc1)CC1CCOCC1. The van der Waals surface area contributed by atoms with E-state index < -0.39 is 0 Å². The molecule has 1 saturated heterocycles. The van der Waals surface area contributed by atoms with Crippen LogP contribution in [0.4, 0.5) is 0 Å². The molecule has 1 fully saturated rings. The van der Waals surface area contributed by atoms with Gasteiger partial charge < -0.3 is 14.7 Å². The van der Waals surface area contributed by atoms with E-state index >= 15 is 0 Å². The first-order valence-electron chi connectivity index (χ1n) is 8.29. The van der Waals surface area contributed by atoms with Crippen LogP contribution in [0.25, 0.3) is 0 Å². The molecule has 1 aliphatic rings. The van der Waals surface area contributed by atoms with Crippen LogP contribution in [0.15, 0.2) is 48.7 Å². The molecule has 0 spiro atoms. The average Bonchev–Trinajstić information content (AvgIpc) is 2.63. The molecule has 1 N–H and O–H groups in total. The maximum atomic E-state index is 12.9. The zero-order valence-corrected chi connectivity index (χ0v) is 13.6. The maximum Gasteiger partial charge on any atom is 0.276 e. The predicted molar refractivity (Wildman–Crippen MR) is 90.6 cm³/mol. The minimum Gasteiger partial charge on any atom is -0.505 e. The number of rotatable bonds is 5. The van der Waals surface area contributed by atoms with Crippen LogP contribution >= 0.6 is 0 Å². The van der Waals surface area contributed by atoms with Crippen LogP contribution in [0.3, 0.4) is 0 Å². The summed E-state index contributed by atoms with van der Waals surface area (Å²) >= 11 is 0. The number of amides is 1. The lowest BCUT2D eigenvalue weighted by Gasteiger charge is -2.30. The maximum absolute atomic E-state index is 12.9. The van der Waals surface area contributed by atoms with Gasteiger partial charge in [-0.15, -0.1) is 0 Å². The summed E-state index contributed by atoms with van der Waals surface area (Å²) in [5.41, 5.74) is 1.17. The largest absolute Gasteiger partial charge is 0.505 e. The fourth-order valence-electron chi connectivity index (χ4n) is 2.98. The second-order valence-corrected chi connectivity index (χ2v) is 6.10. The Morgan fingerprint density at radius 2 is 1.92 bits per heavy atom. The third-order valence-corrected chi connectivity index (χ3v) is 4.31. The summed E-state index contributed by atoms with van der Waals surface area (Å²) in [6, 6.07) is 13.0. The van der Waals surface area contributed by atoms with E-state index in [0.717, 1.165) is 31.6 Å². The zero-order chi connectivity index (χ0) is 16.8. The van der Waals surface area contributed by atoms with Gasteiger partial charge in [0.2, 0.25) is 0 Å². The van der Waals surface area contributed by atoms with Crippen molar-refractivity contribution in [1.82, 2.24) is 9.88 Å². The molecule has 1 aliphatic heterocycles. The van der Waals surface area contributed by atoms with Crippen LogP contribution < -0.4 is 0 Å². The predicted octanol–water partition coefficient (Wildman–Crippen LogP) is 2.86. The molecular formula is C19H22N2O3. The van der Waals surface area contributed by atoms with Gasteiger partial charge in [-0.05, 0) is 36.5 Å². The normalized spacial score (nSPS) is 15.2. The van der Waals surface area contributed by atoms with Crippen LogP contribution in [-0.2, 0) is 11.3 Å². The number of nitrogens with zero attached hydrogens (tertiary/aromatic N) is 2. The third-order valence-electron chi connectivity index (χ3n) is 4.31. The van der Waals surface area contributed by atoms with Gasteiger partial charge in [-0.1, -0.05) is 30.3 Å². The summed E-state index contributed by atoms with van der Waals surface area (Å²) < 4.78 is 5.41. The van der Waals surface area contributed by atoms with Gasteiger partial charge in [0.1, 0.15) is 5.75 Å². The summed E-state index contributed by atoms with van der Waals surface area (Å²) in [6.07, 6.45) is 3.43. The zero-order valence-electron chi connectivity index (χ0n) is 13.6. The standard InChI is InChI=1S/C19H22N2O3/c22-17-7-4-10-20-18(17)19(23)21(13-15-5-2-1-3-6-15)14-16-8-11-24-12-9-16/h1-7,10,16,22H,8-9,11-14H2. The quantitative estimate of drug-likeness (QED) is 0.918. The Balaban J connectivity index is 1.80. The van der Waals surface area contributed by atoms with Gasteiger partial charge >= 0.3 is 0 Å². The fraction of sp³-hybridized carbons (Fsp3) is 0.368. The number of ether oxygens (including phenoxy) is 1. The van der Waals surface area contributed by atoms with E-state index in [-0.39, 0.29) is 17.4 Å². The van der Waals surface area contributed by atoms with Crippen molar-refractivity contribution in [3.63, 3.8) is 0 Å². The molecule has 0 unspecified atom stereocenters. The average molecular weight is 326 g/mol. The smallest absolute Gasteiger partial charge is 0.276 e. The summed E-state index contributed by atoms with van der Waals surface area (Å²) in [4.78, 5) is 18.8.